The molecule has 0 aliphatic carbocycles. The molecule has 116 valence electrons. The SMILES string of the molecule is CCCC(CN)C(=O)N1CCN(Cc2ccccc2)CC1. The van der Waals surface area contributed by atoms with E-state index in [-0.39, 0.29) is 11.8 Å². The Bertz CT molecular complexity index is 427. The number of nitrogens with two attached hydrogens (primary N) is 1. The van der Waals surface area contributed by atoms with Crippen molar-refractivity contribution in [2.75, 3.05) is 32.7 Å². The summed E-state index contributed by atoms with van der Waals surface area (Å²) in [6.07, 6.45) is 1.92. The van der Waals surface area contributed by atoms with Crippen LogP contribution in [0.4, 0.5) is 0 Å². The zero-order valence-electron chi connectivity index (χ0n) is 13.0. The van der Waals surface area contributed by atoms with E-state index in [4.69, 9.17) is 5.73 Å². The molecule has 1 amide bonds. The maximum atomic E-state index is 12.4. The molecule has 1 unspecified atom stereocenters. The van der Waals surface area contributed by atoms with Crippen LogP contribution in [0.1, 0.15) is 25.3 Å². The minimum absolute atomic E-state index is 0.00988. The third kappa shape index (κ3) is 4.55. The lowest BCUT2D eigenvalue weighted by atomic mass is 10.0. The molecule has 0 aromatic heterocycles. The van der Waals surface area contributed by atoms with Gasteiger partial charge in [0, 0.05) is 39.3 Å². The molecule has 1 aliphatic heterocycles. The summed E-state index contributed by atoms with van der Waals surface area (Å²) >= 11 is 0. The first kappa shape index (κ1) is 16.0. The fraction of sp³-hybridized carbons (Fsp3) is 0.588. The molecule has 1 saturated heterocycles. The Morgan fingerprint density at radius 1 is 1.19 bits per heavy atom. The molecular weight excluding hydrogens is 262 g/mol. The maximum absolute atomic E-state index is 12.4. The van der Waals surface area contributed by atoms with Gasteiger partial charge in [-0.3, -0.25) is 9.69 Å². The Labute approximate surface area is 127 Å². The summed E-state index contributed by atoms with van der Waals surface area (Å²) < 4.78 is 0. The number of piperazine rings is 1. The monoisotopic (exact) mass is 289 g/mol. The second-order valence-electron chi connectivity index (χ2n) is 5.81. The van der Waals surface area contributed by atoms with Crippen LogP contribution in [-0.2, 0) is 11.3 Å². The summed E-state index contributed by atoms with van der Waals surface area (Å²) in [4.78, 5) is 16.8. The molecule has 2 rings (SSSR count). The van der Waals surface area contributed by atoms with Crippen LogP contribution in [-0.4, -0.2) is 48.4 Å². The van der Waals surface area contributed by atoms with Crippen LogP contribution >= 0.6 is 0 Å². The van der Waals surface area contributed by atoms with E-state index in [1.54, 1.807) is 0 Å². The second-order valence-corrected chi connectivity index (χ2v) is 5.81. The molecule has 0 saturated carbocycles. The number of benzene rings is 1. The van der Waals surface area contributed by atoms with Gasteiger partial charge in [0.25, 0.3) is 0 Å². The quantitative estimate of drug-likeness (QED) is 0.867. The first-order chi connectivity index (χ1) is 10.2. The van der Waals surface area contributed by atoms with Gasteiger partial charge in [-0.1, -0.05) is 43.7 Å². The van der Waals surface area contributed by atoms with Crippen LogP contribution in [0.25, 0.3) is 0 Å². The van der Waals surface area contributed by atoms with Gasteiger partial charge in [-0.05, 0) is 12.0 Å². The summed E-state index contributed by atoms with van der Waals surface area (Å²) in [7, 11) is 0. The summed E-state index contributed by atoms with van der Waals surface area (Å²) in [5.41, 5.74) is 7.07. The smallest absolute Gasteiger partial charge is 0.227 e. The van der Waals surface area contributed by atoms with E-state index in [2.05, 4.69) is 36.1 Å². The predicted molar refractivity (Wildman–Crippen MR) is 85.8 cm³/mol. The van der Waals surface area contributed by atoms with Crippen molar-refractivity contribution in [1.29, 1.82) is 0 Å². The molecule has 4 heteroatoms. The molecular formula is C17H27N3O. The van der Waals surface area contributed by atoms with Gasteiger partial charge in [-0.25, -0.2) is 0 Å². The molecule has 1 heterocycles. The zero-order chi connectivity index (χ0) is 15.1. The highest BCUT2D eigenvalue weighted by Gasteiger charge is 2.25. The topological polar surface area (TPSA) is 49.6 Å². The fourth-order valence-corrected chi connectivity index (χ4v) is 2.92. The van der Waals surface area contributed by atoms with E-state index in [0.717, 1.165) is 45.6 Å². The lowest BCUT2D eigenvalue weighted by Gasteiger charge is -2.36. The first-order valence-electron chi connectivity index (χ1n) is 7.99. The minimum atomic E-state index is 0.00988. The van der Waals surface area contributed by atoms with E-state index < -0.39 is 0 Å². The molecule has 4 nitrogen and oxygen atoms in total. The predicted octanol–water partition coefficient (Wildman–Crippen LogP) is 1.71. The van der Waals surface area contributed by atoms with Gasteiger partial charge in [0.2, 0.25) is 5.91 Å². The Morgan fingerprint density at radius 2 is 1.86 bits per heavy atom. The normalized spacial score (nSPS) is 17.7. The minimum Gasteiger partial charge on any atom is -0.340 e. The Balaban J connectivity index is 1.81. The number of hydrogen-bond donors (Lipinski definition) is 1. The highest BCUT2D eigenvalue weighted by molar-refractivity contribution is 5.79. The molecule has 0 bridgehead atoms. The highest BCUT2D eigenvalue weighted by Crippen LogP contribution is 2.13. The number of rotatable bonds is 6. The van der Waals surface area contributed by atoms with Gasteiger partial charge >= 0.3 is 0 Å². The largest absolute Gasteiger partial charge is 0.340 e. The van der Waals surface area contributed by atoms with Gasteiger partial charge in [0.15, 0.2) is 0 Å². The number of hydrogen-bond acceptors (Lipinski definition) is 3. The Morgan fingerprint density at radius 3 is 2.43 bits per heavy atom. The van der Waals surface area contributed by atoms with E-state index in [0.29, 0.717) is 6.54 Å². The average molecular weight is 289 g/mol. The van der Waals surface area contributed by atoms with E-state index in [9.17, 15) is 4.79 Å². The van der Waals surface area contributed by atoms with Crippen LogP contribution in [0.15, 0.2) is 30.3 Å². The van der Waals surface area contributed by atoms with E-state index in [1.807, 2.05) is 11.0 Å². The van der Waals surface area contributed by atoms with E-state index in [1.165, 1.54) is 5.56 Å². The fourth-order valence-electron chi connectivity index (χ4n) is 2.92. The van der Waals surface area contributed by atoms with Gasteiger partial charge in [0.05, 0.1) is 5.92 Å². The maximum Gasteiger partial charge on any atom is 0.227 e. The molecule has 1 aliphatic rings. The number of nitrogens with zero attached hydrogens (tertiary/aromatic N) is 2. The van der Waals surface area contributed by atoms with Crippen LogP contribution < -0.4 is 5.73 Å². The van der Waals surface area contributed by atoms with Crippen LogP contribution in [0.5, 0.6) is 0 Å². The van der Waals surface area contributed by atoms with Crippen molar-refractivity contribution in [3.8, 4) is 0 Å². The van der Waals surface area contributed by atoms with Crippen molar-refractivity contribution >= 4 is 5.91 Å². The zero-order valence-corrected chi connectivity index (χ0v) is 13.0. The number of amides is 1. The summed E-state index contributed by atoms with van der Waals surface area (Å²) in [6.45, 7) is 7.09. The molecule has 1 aromatic carbocycles. The van der Waals surface area contributed by atoms with Crippen molar-refractivity contribution in [3.05, 3.63) is 35.9 Å². The summed E-state index contributed by atoms with van der Waals surface area (Å²) in [5, 5.41) is 0. The molecule has 1 fully saturated rings. The standard InChI is InChI=1S/C17H27N3O/c1-2-6-16(13-18)17(21)20-11-9-19(10-12-20)14-15-7-4-3-5-8-15/h3-5,7-8,16H,2,6,9-14,18H2,1H3. The summed E-state index contributed by atoms with van der Waals surface area (Å²) in [6, 6.07) is 10.5. The second kappa shape index (κ2) is 8.15. The third-order valence-corrected chi connectivity index (χ3v) is 4.20. The van der Waals surface area contributed by atoms with Gasteiger partial charge in [0.1, 0.15) is 0 Å². The highest BCUT2D eigenvalue weighted by atomic mass is 16.2. The molecule has 2 N–H and O–H groups in total. The third-order valence-electron chi connectivity index (χ3n) is 4.20. The molecule has 1 aromatic rings. The van der Waals surface area contributed by atoms with Crippen molar-refractivity contribution in [3.63, 3.8) is 0 Å². The first-order valence-corrected chi connectivity index (χ1v) is 7.99. The van der Waals surface area contributed by atoms with Gasteiger partial charge in [-0.2, -0.15) is 0 Å². The Hall–Kier alpha value is -1.39. The van der Waals surface area contributed by atoms with Crippen molar-refractivity contribution in [1.82, 2.24) is 9.80 Å². The number of carbonyl (C=O) groups is 1. The van der Waals surface area contributed by atoms with E-state index >= 15 is 0 Å². The van der Waals surface area contributed by atoms with Crippen molar-refractivity contribution in [2.24, 2.45) is 11.7 Å². The lowest BCUT2D eigenvalue weighted by Crippen LogP contribution is -2.50. The average Bonchev–Trinajstić information content (AvgIpc) is 2.54. The van der Waals surface area contributed by atoms with Crippen molar-refractivity contribution in [2.45, 2.75) is 26.3 Å². The molecule has 0 spiro atoms. The molecule has 0 radical (unpaired) electrons. The Kier molecular flexibility index (Phi) is 6.21. The molecule has 21 heavy (non-hydrogen) atoms. The van der Waals surface area contributed by atoms with Crippen LogP contribution in [0, 0.1) is 5.92 Å². The van der Waals surface area contributed by atoms with Crippen LogP contribution in [0.3, 0.4) is 0 Å². The molecule has 1 atom stereocenters. The van der Waals surface area contributed by atoms with Crippen molar-refractivity contribution < 1.29 is 4.79 Å². The number of carbonyl (C=O) groups excluding carboxylic acids is 1. The van der Waals surface area contributed by atoms with Crippen LogP contribution in [0.2, 0.25) is 0 Å². The lowest BCUT2D eigenvalue weighted by molar-refractivity contribution is -0.137. The van der Waals surface area contributed by atoms with Gasteiger partial charge in [-0.15, -0.1) is 0 Å². The summed E-state index contributed by atoms with van der Waals surface area (Å²) in [5.74, 6) is 0.259. The van der Waals surface area contributed by atoms with Gasteiger partial charge < -0.3 is 10.6 Å².